The standard InChI is InChI=1S/C9H19NOS/c1-2-8(7-11)10-9-3-5-12-6-4-9/h8-11H,2-7H2,1H3. The minimum absolute atomic E-state index is 0.278. The highest BCUT2D eigenvalue weighted by Gasteiger charge is 2.16. The summed E-state index contributed by atoms with van der Waals surface area (Å²) in [5.41, 5.74) is 0. The maximum Gasteiger partial charge on any atom is 0.0584 e. The van der Waals surface area contributed by atoms with Gasteiger partial charge in [-0.3, -0.25) is 0 Å². The molecule has 2 N–H and O–H groups in total. The summed E-state index contributed by atoms with van der Waals surface area (Å²) in [6, 6.07) is 0.974. The summed E-state index contributed by atoms with van der Waals surface area (Å²) in [7, 11) is 0. The van der Waals surface area contributed by atoms with Crippen LogP contribution in [0.1, 0.15) is 26.2 Å². The van der Waals surface area contributed by atoms with E-state index in [-0.39, 0.29) is 6.61 Å². The van der Waals surface area contributed by atoms with Crippen molar-refractivity contribution in [3.63, 3.8) is 0 Å². The van der Waals surface area contributed by atoms with Gasteiger partial charge in [-0.25, -0.2) is 0 Å². The van der Waals surface area contributed by atoms with Crippen molar-refractivity contribution in [3.8, 4) is 0 Å². The number of hydrogen-bond acceptors (Lipinski definition) is 3. The smallest absolute Gasteiger partial charge is 0.0584 e. The molecule has 0 aromatic rings. The van der Waals surface area contributed by atoms with Crippen molar-refractivity contribution in [3.05, 3.63) is 0 Å². The first kappa shape index (κ1) is 10.4. The first-order chi connectivity index (χ1) is 5.86. The predicted octanol–water partition coefficient (Wildman–Crippen LogP) is 1.24. The molecule has 0 aromatic heterocycles. The lowest BCUT2D eigenvalue weighted by Crippen LogP contribution is -2.41. The van der Waals surface area contributed by atoms with Crippen LogP contribution in [0.4, 0.5) is 0 Å². The zero-order valence-corrected chi connectivity index (χ0v) is 8.57. The summed E-state index contributed by atoms with van der Waals surface area (Å²) in [6.07, 6.45) is 3.56. The van der Waals surface area contributed by atoms with Crippen molar-refractivity contribution >= 4 is 11.8 Å². The van der Waals surface area contributed by atoms with E-state index in [9.17, 15) is 0 Å². The van der Waals surface area contributed by atoms with Crippen molar-refractivity contribution in [1.82, 2.24) is 5.32 Å². The third kappa shape index (κ3) is 3.33. The van der Waals surface area contributed by atoms with Crippen LogP contribution in [0.5, 0.6) is 0 Å². The van der Waals surface area contributed by atoms with Gasteiger partial charge in [-0.1, -0.05) is 6.92 Å². The van der Waals surface area contributed by atoms with Crippen LogP contribution < -0.4 is 5.32 Å². The Kier molecular flexibility index (Phi) is 5.04. The summed E-state index contributed by atoms with van der Waals surface area (Å²) < 4.78 is 0. The van der Waals surface area contributed by atoms with E-state index in [0.717, 1.165) is 6.42 Å². The molecule has 0 aromatic carbocycles. The van der Waals surface area contributed by atoms with Crippen LogP contribution in [-0.2, 0) is 0 Å². The van der Waals surface area contributed by atoms with Crippen molar-refractivity contribution in [2.75, 3.05) is 18.1 Å². The Hall–Kier alpha value is 0.270. The Labute approximate surface area is 79.1 Å². The van der Waals surface area contributed by atoms with Crippen LogP contribution in [-0.4, -0.2) is 35.3 Å². The summed E-state index contributed by atoms with van der Waals surface area (Å²) in [4.78, 5) is 0. The average molecular weight is 189 g/mol. The van der Waals surface area contributed by atoms with Crippen LogP contribution in [0, 0.1) is 0 Å². The summed E-state index contributed by atoms with van der Waals surface area (Å²) in [6.45, 7) is 2.39. The molecule has 0 amide bonds. The topological polar surface area (TPSA) is 32.3 Å². The Morgan fingerprint density at radius 3 is 2.67 bits per heavy atom. The van der Waals surface area contributed by atoms with E-state index in [1.165, 1.54) is 24.3 Å². The van der Waals surface area contributed by atoms with Gasteiger partial charge in [0.15, 0.2) is 0 Å². The molecule has 0 radical (unpaired) electrons. The fourth-order valence-electron chi connectivity index (χ4n) is 1.50. The molecule has 2 nitrogen and oxygen atoms in total. The maximum absolute atomic E-state index is 8.99. The van der Waals surface area contributed by atoms with Gasteiger partial charge in [0.2, 0.25) is 0 Å². The van der Waals surface area contributed by atoms with Gasteiger partial charge in [0, 0.05) is 12.1 Å². The Morgan fingerprint density at radius 2 is 2.17 bits per heavy atom. The second-order valence-electron chi connectivity index (χ2n) is 3.34. The van der Waals surface area contributed by atoms with Gasteiger partial charge in [-0.2, -0.15) is 11.8 Å². The molecule has 0 aliphatic carbocycles. The van der Waals surface area contributed by atoms with Crippen molar-refractivity contribution in [1.29, 1.82) is 0 Å². The van der Waals surface area contributed by atoms with E-state index in [1.807, 2.05) is 11.8 Å². The Bertz CT molecular complexity index is 111. The van der Waals surface area contributed by atoms with E-state index in [1.54, 1.807) is 0 Å². The zero-order valence-electron chi connectivity index (χ0n) is 7.75. The highest BCUT2D eigenvalue weighted by atomic mass is 32.2. The van der Waals surface area contributed by atoms with E-state index < -0.39 is 0 Å². The molecule has 12 heavy (non-hydrogen) atoms. The highest BCUT2D eigenvalue weighted by molar-refractivity contribution is 7.99. The zero-order chi connectivity index (χ0) is 8.81. The number of rotatable bonds is 4. The molecule has 1 fully saturated rings. The van der Waals surface area contributed by atoms with Crippen LogP contribution in [0.2, 0.25) is 0 Å². The molecule has 72 valence electrons. The number of aliphatic hydroxyl groups excluding tert-OH is 1. The number of thioether (sulfide) groups is 1. The summed E-state index contributed by atoms with van der Waals surface area (Å²) in [5, 5.41) is 12.5. The molecule has 0 saturated carbocycles. The van der Waals surface area contributed by atoms with Gasteiger partial charge < -0.3 is 10.4 Å². The van der Waals surface area contributed by atoms with Crippen LogP contribution in [0.25, 0.3) is 0 Å². The van der Waals surface area contributed by atoms with Crippen molar-refractivity contribution < 1.29 is 5.11 Å². The minimum atomic E-state index is 0.278. The normalized spacial score (nSPS) is 22.5. The fourth-order valence-corrected chi connectivity index (χ4v) is 2.60. The summed E-state index contributed by atoms with van der Waals surface area (Å²) in [5.74, 6) is 2.55. The van der Waals surface area contributed by atoms with Gasteiger partial charge >= 0.3 is 0 Å². The van der Waals surface area contributed by atoms with Crippen LogP contribution in [0.15, 0.2) is 0 Å². The van der Waals surface area contributed by atoms with Gasteiger partial charge in [0.25, 0.3) is 0 Å². The maximum atomic E-state index is 8.99. The van der Waals surface area contributed by atoms with Crippen molar-refractivity contribution in [2.24, 2.45) is 0 Å². The van der Waals surface area contributed by atoms with E-state index in [2.05, 4.69) is 12.2 Å². The van der Waals surface area contributed by atoms with E-state index in [4.69, 9.17) is 5.11 Å². The second kappa shape index (κ2) is 5.84. The first-order valence-corrected chi connectivity index (χ1v) is 5.97. The Morgan fingerprint density at radius 1 is 1.50 bits per heavy atom. The predicted molar refractivity (Wildman–Crippen MR) is 54.6 cm³/mol. The molecule has 1 atom stereocenters. The molecule has 1 aliphatic heterocycles. The molecule has 3 heteroatoms. The third-order valence-electron chi connectivity index (χ3n) is 2.41. The quantitative estimate of drug-likeness (QED) is 0.698. The van der Waals surface area contributed by atoms with Crippen LogP contribution in [0.3, 0.4) is 0 Å². The SMILES string of the molecule is CCC(CO)NC1CCSCC1. The molecule has 1 saturated heterocycles. The van der Waals surface area contributed by atoms with E-state index >= 15 is 0 Å². The molecule has 0 bridgehead atoms. The molecular weight excluding hydrogens is 170 g/mol. The first-order valence-electron chi connectivity index (χ1n) is 4.81. The molecule has 1 heterocycles. The highest BCUT2D eigenvalue weighted by Crippen LogP contribution is 2.17. The average Bonchev–Trinajstić information content (AvgIpc) is 2.16. The van der Waals surface area contributed by atoms with Gasteiger partial charge in [-0.05, 0) is 30.8 Å². The monoisotopic (exact) mass is 189 g/mol. The lowest BCUT2D eigenvalue weighted by atomic mass is 10.1. The number of aliphatic hydroxyl groups is 1. The van der Waals surface area contributed by atoms with Gasteiger partial charge in [0.05, 0.1) is 6.61 Å². The fraction of sp³-hybridized carbons (Fsp3) is 1.00. The lowest BCUT2D eigenvalue weighted by molar-refractivity contribution is 0.224. The molecular formula is C9H19NOS. The molecule has 0 spiro atoms. The Balaban J connectivity index is 2.18. The van der Waals surface area contributed by atoms with Crippen molar-refractivity contribution in [2.45, 2.75) is 38.3 Å². The largest absolute Gasteiger partial charge is 0.395 e. The van der Waals surface area contributed by atoms with Gasteiger partial charge in [0.1, 0.15) is 0 Å². The lowest BCUT2D eigenvalue weighted by Gasteiger charge is -2.26. The van der Waals surface area contributed by atoms with E-state index in [0.29, 0.717) is 12.1 Å². The molecule has 1 unspecified atom stereocenters. The minimum Gasteiger partial charge on any atom is -0.395 e. The molecule has 1 aliphatic rings. The number of hydrogen-bond donors (Lipinski definition) is 2. The third-order valence-corrected chi connectivity index (χ3v) is 3.45. The number of nitrogens with one attached hydrogen (secondary N) is 1. The van der Waals surface area contributed by atoms with Crippen LogP contribution >= 0.6 is 11.8 Å². The second-order valence-corrected chi connectivity index (χ2v) is 4.57. The summed E-state index contributed by atoms with van der Waals surface area (Å²) >= 11 is 2.04. The molecule has 1 rings (SSSR count). The van der Waals surface area contributed by atoms with Gasteiger partial charge in [-0.15, -0.1) is 0 Å².